The fourth-order valence-corrected chi connectivity index (χ4v) is 3.59. The van der Waals surface area contributed by atoms with E-state index in [4.69, 9.17) is 4.74 Å². The summed E-state index contributed by atoms with van der Waals surface area (Å²) in [5.74, 6) is 2.61. The van der Waals surface area contributed by atoms with Crippen molar-refractivity contribution in [1.82, 2.24) is 9.78 Å². The van der Waals surface area contributed by atoms with E-state index in [2.05, 4.69) is 36.4 Å². The summed E-state index contributed by atoms with van der Waals surface area (Å²) in [4.78, 5) is 11.9. The van der Waals surface area contributed by atoms with Crippen LogP contribution in [0.15, 0.2) is 30.5 Å². The predicted molar refractivity (Wildman–Crippen MR) is 92.9 cm³/mol. The lowest BCUT2D eigenvalue weighted by Gasteiger charge is -2.15. The second kappa shape index (κ2) is 6.66. The van der Waals surface area contributed by atoms with Crippen LogP contribution < -0.4 is 10.1 Å². The number of amides is 1. The maximum absolute atomic E-state index is 11.9. The molecule has 1 unspecified atom stereocenters. The van der Waals surface area contributed by atoms with Gasteiger partial charge in [-0.2, -0.15) is 5.10 Å². The summed E-state index contributed by atoms with van der Waals surface area (Å²) >= 11 is 1.62. The minimum atomic E-state index is 0.0132. The number of fused-ring (bicyclic) bond motifs is 1. The Labute approximate surface area is 140 Å². The molecule has 0 aliphatic carbocycles. The van der Waals surface area contributed by atoms with Crippen molar-refractivity contribution in [2.75, 3.05) is 17.7 Å². The highest BCUT2D eigenvalue weighted by Crippen LogP contribution is 2.41. The van der Waals surface area contributed by atoms with Crippen molar-refractivity contribution in [3.8, 4) is 5.75 Å². The Morgan fingerprint density at radius 2 is 2.13 bits per heavy atom. The quantitative estimate of drug-likeness (QED) is 0.934. The number of nitrogens with zero attached hydrogens (tertiary/aromatic N) is 2. The predicted octanol–water partition coefficient (Wildman–Crippen LogP) is 3.23. The zero-order chi connectivity index (χ0) is 16.4. The molecule has 0 saturated heterocycles. The molecular formula is C17H21N3O2S. The molecule has 1 aliphatic heterocycles. The first-order valence-corrected chi connectivity index (χ1v) is 8.75. The Bertz CT molecular complexity index is 694. The molecule has 1 atom stereocenters. The molecule has 6 heteroatoms. The van der Waals surface area contributed by atoms with Crippen LogP contribution in [0.5, 0.6) is 5.75 Å². The highest BCUT2D eigenvalue weighted by atomic mass is 32.2. The molecule has 122 valence electrons. The van der Waals surface area contributed by atoms with Gasteiger partial charge in [0, 0.05) is 12.6 Å². The van der Waals surface area contributed by atoms with E-state index >= 15 is 0 Å². The molecule has 0 bridgehead atoms. The molecule has 1 aromatic heterocycles. The number of rotatable bonds is 4. The maximum atomic E-state index is 11.9. The number of nitrogens with one attached hydrogen (secondary N) is 1. The number of ether oxygens (including phenoxy) is 1. The Morgan fingerprint density at radius 1 is 1.39 bits per heavy atom. The summed E-state index contributed by atoms with van der Waals surface area (Å²) in [5.41, 5.74) is 2.19. The zero-order valence-corrected chi connectivity index (χ0v) is 14.4. The third kappa shape index (κ3) is 3.52. The van der Waals surface area contributed by atoms with Crippen LogP contribution in [-0.4, -0.2) is 28.0 Å². The number of hydrogen-bond donors (Lipinski definition) is 1. The minimum absolute atomic E-state index is 0.0132. The topological polar surface area (TPSA) is 56.1 Å². The lowest BCUT2D eigenvalue weighted by Crippen LogP contribution is -2.15. The molecule has 2 heterocycles. The van der Waals surface area contributed by atoms with E-state index in [0.717, 1.165) is 22.7 Å². The van der Waals surface area contributed by atoms with Crippen LogP contribution in [0.3, 0.4) is 0 Å². The normalized spacial score (nSPS) is 17.6. The van der Waals surface area contributed by atoms with Crippen LogP contribution in [0.4, 0.5) is 5.82 Å². The third-order valence-electron chi connectivity index (χ3n) is 3.65. The number of aromatic nitrogens is 2. The Kier molecular flexibility index (Phi) is 4.61. The summed E-state index contributed by atoms with van der Waals surface area (Å²) < 4.78 is 7.45. The molecule has 23 heavy (non-hydrogen) atoms. The summed E-state index contributed by atoms with van der Waals surface area (Å²) in [6, 6.07) is 8.13. The highest BCUT2D eigenvalue weighted by Gasteiger charge is 2.26. The van der Waals surface area contributed by atoms with Crippen molar-refractivity contribution in [3.63, 3.8) is 0 Å². The van der Waals surface area contributed by atoms with E-state index in [9.17, 15) is 4.79 Å². The van der Waals surface area contributed by atoms with E-state index < -0.39 is 0 Å². The molecule has 1 aliphatic rings. The van der Waals surface area contributed by atoms with E-state index in [-0.39, 0.29) is 11.2 Å². The van der Waals surface area contributed by atoms with E-state index in [1.165, 1.54) is 0 Å². The number of aryl methyl sites for hydroxylation is 1. The van der Waals surface area contributed by atoms with Gasteiger partial charge in [-0.05, 0) is 23.6 Å². The van der Waals surface area contributed by atoms with Crippen molar-refractivity contribution < 1.29 is 9.53 Å². The van der Waals surface area contributed by atoms with Gasteiger partial charge >= 0.3 is 0 Å². The first-order chi connectivity index (χ1) is 11.0. The molecular weight excluding hydrogens is 310 g/mol. The molecule has 5 nitrogen and oxygen atoms in total. The van der Waals surface area contributed by atoms with Crippen LogP contribution in [0.1, 0.15) is 30.2 Å². The van der Waals surface area contributed by atoms with Crippen molar-refractivity contribution >= 4 is 23.5 Å². The van der Waals surface area contributed by atoms with Gasteiger partial charge < -0.3 is 10.1 Å². The van der Waals surface area contributed by atoms with Gasteiger partial charge in [0.25, 0.3) is 0 Å². The molecule has 1 N–H and O–H groups in total. The molecule has 0 radical (unpaired) electrons. The molecule has 3 rings (SSSR count). The molecule has 0 saturated carbocycles. The van der Waals surface area contributed by atoms with Gasteiger partial charge in [-0.1, -0.05) is 26.0 Å². The largest absolute Gasteiger partial charge is 0.493 e. The molecule has 0 spiro atoms. The van der Waals surface area contributed by atoms with Gasteiger partial charge in [0.05, 0.1) is 23.8 Å². The van der Waals surface area contributed by atoms with E-state index in [1.54, 1.807) is 16.4 Å². The SMILES string of the molecule is CC(C)COc1ccc(C2SCC(=O)Nc3c2cnn3C)cc1. The number of carbonyl (C=O) groups excluding carboxylic acids is 1. The molecule has 0 fully saturated rings. The van der Waals surface area contributed by atoms with Crippen LogP contribution >= 0.6 is 11.8 Å². The lowest BCUT2D eigenvalue weighted by atomic mass is 10.1. The number of thioether (sulfide) groups is 1. The zero-order valence-electron chi connectivity index (χ0n) is 13.6. The van der Waals surface area contributed by atoms with Crippen molar-refractivity contribution in [3.05, 3.63) is 41.6 Å². The summed E-state index contributed by atoms with van der Waals surface area (Å²) in [5, 5.41) is 7.31. The van der Waals surface area contributed by atoms with Gasteiger partial charge in [-0.15, -0.1) is 11.8 Å². The fourth-order valence-electron chi connectivity index (χ4n) is 2.49. The second-order valence-electron chi connectivity index (χ2n) is 6.09. The number of benzene rings is 1. The molecule has 1 amide bonds. The standard InChI is InChI=1S/C17H21N3O2S/c1-11(2)9-22-13-6-4-12(5-7-13)16-14-8-18-20(3)17(14)19-15(21)10-23-16/h4-8,11,16H,9-10H2,1-3H3,(H,19,21). The third-order valence-corrected chi connectivity index (χ3v) is 4.94. The average molecular weight is 331 g/mol. The summed E-state index contributed by atoms with van der Waals surface area (Å²) in [6.07, 6.45) is 1.84. The van der Waals surface area contributed by atoms with Gasteiger partial charge in [-0.3, -0.25) is 9.48 Å². The molecule has 1 aromatic carbocycles. The van der Waals surface area contributed by atoms with E-state index in [0.29, 0.717) is 18.3 Å². The van der Waals surface area contributed by atoms with E-state index in [1.807, 2.05) is 25.4 Å². The summed E-state index contributed by atoms with van der Waals surface area (Å²) in [6.45, 7) is 4.97. The Balaban J connectivity index is 1.84. The van der Waals surface area contributed by atoms with Gasteiger partial charge in [0.1, 0.15) is 11.6 Å². The number of anilines is 1. The lowest BCUT2D eigenvalue weighted by molar-refractivity contribution is -0.113. The maximum Gasteiger partial charge on any atom is 0.235 e. The molecule has 2 aromatic rings. The van der Waals surface area contributed by atoms with Crippen LogP contribution in [0.2, 0.25) is 0 Å². The monoisotopic (exact) mass is 331 g/mol. The number of carbonyl (C=O) groups is 1. The summed E-state index contributed by atoms with van der Waals surface area (Å²) in [7, 11) is 1.84. The van der Waals surface area contributed by atoms with Crippen LogP contribution in [0.25, 0.3) is 0 Å². The Morgan fingerprint density at radius 3 is 2.83 bits per heavy atom. The van der Waals surface area contributed by atoms with Crippen molar-refractivity contribution in [1.29, 1.82) is 0 Å². The number of hydrogen-bond acceptors (Lipinski definition) is 4. The van der Waals surface area contributed by atoms with Gasteiger partial charge in [0.15, 0.2) is 0 Å². The first-order valence-electron chi connectivity index (χ1n) is 7.70. The highest BCUT2D eigenvalue weighted by molar-refractivity contribution is 8.00. The van der Waals surface area contributed by atoms with Gasteiger partial charge in [-0.25, -0.2) is 0 Å². The van der Waals surface area contributed by atoms with Crippen LogP contribution in [-0.2, 0) is 11.8 Å². The fraction of sp³-hybridized carbons (Fsp3) is 0.412. The first kappa shape index (κ1) is 15.9. The van der Waals surface area contributed by atoms with Crippen molar-refractivity contribution in [2.45, 2.75) is 19.1 Å². The van der Waals surface area contributed by atoms with Crippen LogP contribution in [0, 0.1) is 5.92 Å². The average Bonchev–Trinajstić information content (AvgIpc) is 2.79. The van der Waals surface area contributed by atoms with Gasteiger partial charge in [0.2, 0.25) is 5.91 Å². The van der Waals surface area contributed by atoms with Crippen molar-refractivity contribution in [2.24, 2.45) is 13.0 Å². The second-order valence-corrected chi connectivity index (χ2v) is 7.18. The Hall–Kier alpha value is -1.95. The minimum Gasteiger partial charge on any atom is -0.493 e. The smallest absolute Gasteiger partial charge is 0.235 e.